The lowest BCUT2D eigenvalue weighted by Gasteiger charge is -2.14. The topological polar surface area (TPSA) is 142 Å². The van der Waals surface area contributed by atoms with E-state index in [1.54, 1.807) is 12.4 Å². The van der Waals surface area contributed by atoms with Crippen LogP contribution in [0, 0.1) is 0 Å². The van der Waals surface area contributed by atoms with Gasteiger partial charge in [0.25, 0.3) is 0 Å². The van der Waals surface area contributed by atoms with Crippen molar-refractivity contribution in [2.75, 3.05) is 0 Å². The van der Waals surface area contributed by atoms with Crippen LogP contribution in [0.5, 0.6) is 0 Å². The molecule has 0 amide bonds. The molecule has 138 heavy (non-hydrogen) atoms. The van der Waals surface area contributed by atoms with E-state index in [-0.39, 0.29) is 0 Å². The summed E-state index contributed by atoms with van der Waals surface area (Å²) in [5.41, 5.74) is 31.9. The van der Waals surface area contributed by atoms with Gasteiger partial charge in [0.15, 0.2) is 0 Å². The third kappa shape index (κ3) is 15.2. The van der Waals surface area contributed by atoms with Crippen LogP contribution in [-0.2, 0) is 0 Å². The third-order valence-electron chi connectivity index (χ3n) is 26.6. The smallest absolute Gasteiger partial charge is 0.0788 e. The summed E-state index contributed by atoms with van der Waals surface area (Å²) < 4.78 is 0. The molecular formula is C127H79N11. The van der Waals surface area contributed by atoms with Gasteiger partial charge in [0.1, 0.15) is 0 Å². The molecule has 0 unspecified atom stereocenters. The molecule has 0 radical (unpaired) electrons. The lowest BCUT2D eigenvalue weighted by Crippen LogP contribution is -1.93. The van der Waals surface area contributed by atoms with Crippen LogP contribution < -0.4 is 0 Å². The largest absolute Gasteiger partial charge is 0.265 e. The highest BCUT2D eigenvalue weighted by molar-refractivity contribution is 6.31. The Hall–Kier alpha value is -18.7. The van der Waals surface area contributed by atoms with E-state index in [4.69, 9.17) is 34.9 Å². The van der Waals surface area contributed by atoms with Crippen LogP contribution in [0.4, 0.5) is 0 Å². The van der Waals surface area contributed by atoms with Crippen molar-refractivity contribution >= 4 is 130 Å². The van der Waals surface area contributed by atoms with Gasteiger partial charge in [-0.3, -0.25) is 34.9 Å². The van der Waals surface area contributed by atoms with Gasteiger partial charge in [-0.1, -0.05) is 291 Å². The predicted molar refractivity (Wildman–Crippen MR) is 570 cm³/mol. The van der Waals surface area contributed by atoms with Crippen molar-refractivity contribution in [2.24, 2.45) is 0 Å². The number of aromatic nitrogens is 11. The van der Waals surface area contributed by atoms with Gasteiger partial charge in [-0.15, -0.1) is 0 Å². The Morgan fingerprint density at radius 3 is 0.732 bits per heavy atom. The number of hydrogen-bond acceptors (Lipinski definition) is 11. The van der Waals surface area contributed by atoms with Crippen molar-refractivity contribution < 1.29 is 0 Å². The maximum atomic E-state index is 5.24. The molecule has 16 aromatic carbocycles. The zero-order chi connectivity index (χ0) is 91.4. The van der Waals surface area contributed by atoms with Crippen LogP contribution in [0.15, 0.2) is 481 Å². The molecule has 11 heteroatoms. The Morgan fingerprint density at radius 2 is 0.406 bits per heavy atom. The molecule has 27 rings (SSSR count). The molecule has 0 N–H and O–H groups in total. The Bertz CT molecular complexity index is 8370. The van der Waals surface area contributed by atoms with Crippen LogP contribution in [0.25, 0.3) is 264 Å². The fraction of sp³-hybridized carbons (Fsp3) is 0. The lowest BCUT2D eigenvalue weighted by molar-refractivity contribution is 1.32. The van der Waals surface area contributed by atoms with Crippen LogP contribution >= 0.6 is 0 Å². The highest BCUT2D eigenvalue weighted by Crippen LogP contribution is 2.47. The van der Waals surface area contributed by atoms with E-state index in [1.165, 1.54) is 48.5 Å². The van der Waals surface area contributed by atoms with Gasteiger partial charge in [0.2, 0.25) is 0 Å². The zero-order valence-electron chi connectivity index (χ0n) is 74.5. The van der Waals surface area contributed by atoms with Crippen molar-refractivity contribution in [2.45, 2.75) is 0 Å². The molecule has 11 nitrogen and oxygen atoms in total. The van der Waals surface area contributed by atoms with E-state index in [1.807, 2.05) is 98.2 Å². The summed E-state index contributed by atoms with van der Waals surface area (Å²) in [5, 5.41) is 20.8. The summed E-state index contributed by atoms with van der Waals surface area (Å²) >= 11 is 0. The molecule has 0 fully saturated rings. The normalized spacial score (nSPS) is 11.5. The van der Waals surface area contributed by atoms with E-state index >= 15 is 0 Å². The molecule has 0 saturated heterocycles. The highest BCUT2D eigenvalue weighted by atomic mass is 14.7. The molecule has 0 bridgehead atoms. The van der Waals surface area contributed by atoms with E-state index in [9.17, 15) is 0 Å². The van der Waals surface area contributed by atoms with Gasteiger partial charge in [0.05, 0.1) is 61.6 Å². The minimum Gasteiger partial charge on any atom is -0.265 e. The molecule has 11 aromatic heterocycles. The summed E-state index contributed by atoms with van der Waals surface area (Å²) in [4.78, 5) is 52.5. The Labute approximate surface area is 794 Å². The SMILES string of the molecule is c1ccc(-c2cc(-c3ccc(-c4nc5ccccc5c5c4ccc4ccc6cccnc6c45)cc3)cc(-c3ccccc3)n2)cc1.c1cnc2c(c1)ccc1ccc3c(-c4ccc(-c5cc(-c6ccncc6)cc(-c6ccncc6)c5)cc4)nc4ccccc4c3c12.c1cncc(-c2cc(-c3ccc(-c4nc5ccccc5c5c4ccc4ccc6cccnc6c45)cc3)cc(-c3cccnc3)c2)c1. The average Bonchev–Trinajstić information content (AvgIpc) is 0.734. The van der Waals surface area contributed by atoms with Crippen LogP contribution in [0.2, 0.25) is 0 Å². The van der Waals surface area contributed by atoms with Crippen molar-refractivity contribution in [1.29, 1.82) is 0 Å². The van der Waals surface area contributed by atoms with Crippen LogP contribution in [-0.4, -0.2) is 54.8 Å². The summed E-state index contributed by atoms with van der Waals surface area (Å²) in [6.45, 7) is 0. The number of para-hydroxylation sites is 3. The van der Waals surface area contributed by atoms with E-state index < -0.39 is 0 Å². The minimum atomic E-state index is 0.955. The number of benzene rings is 16. The number of rotatable bonds is 12. The van der Waals surface area contributed by atoms with Crippen molar-refractivity contribution in [3.05, 3.63) is 481 Å². The van der Waals surface area contributed by atoms with E-state index in [0.717, 1.165) is 216 Å². The van der Waals surface area contributed by atoms with Gasteiger partial charge in [-0.2, -0.15) is 0 Å². The average molecular weight is 1760 g/mol. The third-order valence-corrected chi connectivity index (χ3v) is 26.6. The second-order valence-electron chi connectivity index (χ2n) is 34.8. The van der Waals surface area contributed by atoms with Crippen molar-refractivity contribution in [1.82, 2.24) is 54.8 Å². The molecule has 0 spiro atoms. The Kier molecular flexibility index (Phi) is 20.7. The lowest BCUT2D eigenvalue weighted by atomic mass is 9.92. The van der Waals surface area contributed by atoms with Gasteiger partial charge in [-0.25, -0.2) is 19.9 Å². The van der Waals surface area contributed by atoms with Gasteiger partial charge in [-0.05, 0) is 204 Å². The Balaban J connectivity index is 0.000000110. The predicted octanol–water partition coefficient (Wildman–Crippen LogP) is 32.2. The monoisotopic (exact) mass is 1760 g/mol. The first-order valence-corrected chi connectivity index (χ1v) is 46.2. The molecule has 0 aliphatic rings. The van der Waals surface area contributed by atoms with Crippen LogP contribution in [0.3, 0.4) is 0 Å². The second kappa shape index (κ2) is 35.1. The second-order valence-corrected chi connectivity index (χ2v) is 34.8. The standard InChI is InChI=1S/C43H27N3.2C42H26N4/c1-3-10-29(11-4-1)38-26-34(27-39(45-38)30-12-5-2-6-13-30)28-17-20-33(21-18-28)42-36-24-23-31-19-22-32-14-9-25-44-43(32)40(31)41(36)35-15-7-8-16-37(35)46-42;1-2-10-38-36(9-1)40-37(18-17-28-13-16-29-6-5-21-45-42(29)39(28)40)41(46-38)30-14-11-27(12-15-30)33-22-34(31-7-3-19-43-25-31)24-35(23-33)32-8-4-20-44-26-32;1-2-6-38-36(5-1)40-37(14-13-30-9-12-31-4-3-19-45-42(31)39(30)40)41(46-38)32-10-7-27(8-11-32)33-24-34(28-15-20-43-21-16-28)26-35(25-33)29-17-22-44-23-18-29/h1-27H;2*1-26H. The first-order chi connectivity index (χ1) is 68.4. The summed E-state index contributed by atoms with van der Waals surface area (Å²) in [7, 11) is 0. The van der Waals surface area contributed by atoms with Gasteiger partial charge >= 0.3 is 0 Å². The number of hydrogen-bond donors (Lipinski definition) is 0. The molecule has 0 atom stereocenters. The van der Waals surface area contributed by atoms with Gasteiger partial charge < -0.3 is 0 Å². The Morgan fingerprint density at radius 1 is 0.138 bits per heavy atom. The fourth-order valence-electron chi connectivity index (χ4n) is 19.9. The number of pyridine rings is 11. The molecule has 0 aliphatic heterocycles. The number of nitrogens with zero attached hydrogens (tertiary/aromatic N) is 11. The maximum Gasteiger partial charge on any atom is 0.0788 e. The zero-order valence-corrected chi connectivity index (χ0v) is 74.5. The molecule has 11 heterocycles. The highest BCUT2D eigenvalue weighted by Gasteiger charge is 2.23. The van der Waals surface area contributed by atoms with Crippen LogP contribution in [0.1, 0.15) is 0 Å². The summed E-state index contributed by atoms with van der Waals surface area (Å²) in [5.74, 6) is 0. The minimum absolute atomic E-state index is 0.955. The van der Waals surface area contributed by atoms with E-state index in [0.29, 0.717) is 0 Å². The molecule has 0 aliphatic carbocycles. The molecule has 0 saturated carbocycles. The van der Waals surface area contributed by atoms with Crippen molar-refractivity contribution in [3.63, 3.8) is 0 Å². The van der Waals surface area contributed by atoms with Gasteiger partial charge in [0, 0.05) is 188 Å². The molecular weight excluding hydrogens is 1680 g/mol. The number of fused-ring (bicyclic) bond motifs is 21. The summed E-state index contributed by atoms with van der Waals surface area (Å²) in [6, 6.07) is 145. The molecule has 27 aromatic rings. The first-order valence-electron chi connectivity index (χ1n) is 46.2. The fourth-order valence-corrected chi connectivity index (χ4v) is 19.9. The van der Waals surface area contributed by atoms with E-state index in [2.05, 4.69) is 390 Å². The molecule has 642 valence electrons. The summed E-state index contributed by atoms with van der Waals surface area (Å²) in [6.07, 6.45) is 20.4. The first kappa shape index (κ1) is 81.3. The maximum absolute atomic E-state index is 5.24. The van der Waals surface area contributed by atoms with Crippen molar-refractivity contribution in [3.8, 4) is 134 Å². The quantitative estimate of drug-likeness (QED) is 0.108.